The van der Waals surface area contributed by atoms with Crippen molar-refractivity contribution >= 4 is 17.5 Å². The Morgan fingerprint density at radius 3 is 2.81 bits per heavy atom. The van der Waals surface area contributed by atoms with E-state index in [-0.39, 0.29) is 5.95 Å². The number of methoxy groups -OCH3 is 1. The van der Waals surface area contributed by atoms with Crippen molar-refractivity contribution in [2.75, 3.05) is 30.0 Å². The second-order valence-corrected chi connectivity index (χ2v) is 6.35. The first kappa shape index (κ1) is 16.2. The molecule has 0 atom stereocenters. The first-order chi connectivity index (χ1) is 12.7. The summed E-state index contributed by atoms with van der Waals surface area (Å²) in [6, 6.07) is 14.6. The van der Waals surface area contributed by atoms with Crippen LogP contribution in [0.1, 0.15) is 11.1 Å². The Morgan fingerprint density at radius 1 is 1.15 bits per heavy atom. The van der Waals surface area contributed by atoms with Crippen molar-refractivity contribution in [1.29, 1.82) is 0 Å². The molecule has 0 unspecified atom stereocenters. The van der Waals surface area contributed by atoms with Gasteiger partial charge in [0, 0.05) is 30.5 Å². The minimum atomic E-state index is 0.202. The van der Waals surface area contributed by atoms with Gasteiger partial charge in [-0.15, -0.1) is 0 Å². The lowest BCUT2D eigenvalue weighted by molar-refractivity contribution is 0.415. The average molecular weight is 347 g/mol. The van der Waals surface area contributed by atoms with Crippen LogP contribution in [0.2, 0.25) is 0 Å². The molecule has 0 bridgehead atoms. The summed E-state index contributed by atoms with van der Waals surface area (Å²) < 4.78 is 5.37. The Morgan fingerprint density at radius 2 is 2.00 bits per heavy atom. The zero-order valence-electron chi connectivity index (χ0n) is 14.6. The van der Waals surface area contributed by atoms with Gasteiger partial charge in [0.2, 0.25) is 5.95 Å². The summed E-state index contributed by atoms with van der Waals surface area (Å²) in [6.07, 6.45) is 2.69. The van der Waals surface area contributed by atoms with Crippen molar-refractivity contribution < 1.29 is 4.74 Å². The van der Waals surface area contributed by atoms with Crippen molar-refractivity contribution in [2.45, 2.75) is 13.0 Å². The second kappa shape index (κ2) is 6.55. The molecular formula is C20H21N5O. The molecule has 1 aliphatic rings. The third-order valence-corrected chi connectivity index (χ3v) is 4.78. The van der Waals surface area contributed by atoms with Crippen LogP contribution in [0.5, 0.6) is 5.75 Å². The van der Waals surface area contributed by atoms with Crippen molar-refractivity contribution in [3.63, 3.8) is 0 Å². The molecule has 1 aliphatic heterocycles. The number of benzene rings is 2. The van der Waals surface area contributed by atoms with Crippen molar-refractivity contribution in [1.82, 2.24) is 9.97 Å². The fourth-order valence-electron chi connectivity index (χ4n) is 3.49. The van der Waals surface area contributed by atoms with Gasteiger partial charge in [0.05, 0.1) is 7.11 Å². The number of hydrogen-bond donors (Lipinski definition) is 2. The second-order valence-electron chi connectivity index (χ2n) is 6.35. The van der Waals surface area contributed by atoms with Gasteiger partial charge < -0.3 is 21.1 Å². The van der Waals surface area contributed by atoms with Crippen molar-refractivity contribution in [3.8, 4) is 16.9 Å². The molecule has 132 valence electrons. The van der Waals surface area contributed by atoms with E-state index in [9.17, 15) is 0 Å². The lowest BCUT2D eigenvalue weighted by Crippen LogP contribution is -2.21. The van der Waals surface area contributed by atoms with Gasteiger partial charge in [-0.2, -0.15) is 4.98 Å². The molecule has 26 heavy (non-hydrogen) atoms. The minimum absolute atomic E-state index is 0.202. The fraction of sp³-hybridized carbons (Fsp3) is 0.200. The Bertz CT molecular complexity index is 957. The van der Waals surface area contributed by atoms with Crippen LogP contribution < -0.4 is 21.1 Å². The maximum absolute atomic E-state index is 6.00. The highest BCUT2D eigenvalue weighted by Crippen LogP contribution is 2.37. The molecule has 2 heterocycles. The summed E-state index contributed by atoms with van der Waals surface area (Å²) in [7, 11) is 1.69. The van der Waals surface area contributed by atoms with E-state index >= 15 is 0 Å². The number of hydrogen-bond acceptors (Lipinski definition) is 6. The van der Waals surface area contributed by atoms with E-state index in [0.717, 1.165) is 24.3 Å². The van der Waals surface area contributed by atoms with Gasteiger partial charge in [-0.1, -0.05) is 24.3 Å². The Kier molecular flexibility index (Phi) is 4.08. The molecule has 4 N–H and O–H groups in total. The molecule has 3 aromatic rings. The SMILES string of the molecule is COc1cccc(-c2cccc3c2CCN3Cc2cnc(N)nc2N)c1. The highest BCUT2D eigenvalue weighted by Gasteiger charge is 2.23. The lowest BCUT2D eigenvalue weighted by atomic mass is 9.98. The maximum atomic E-state index is 6.00. The Labute approximate surface area is 152 Å². The van der Waals surface area contributed by atoms with E-state index in [2.05, 4.69) is 45.2 Å². The molecule has 2 aromatic carbocycles. The number of fused-ring (bicyclic) bond motifs is 1. The van der Waals surface area contributed by atoms with E-state index in [1.165, 1.54) is 22.4 Å². The first-order valence-electron chi connectivity index (χ1n) is 8.54. The van der Waals surface area contributed by atoms with Gasteiger partial charge in [0.25, 0.3) is 0 Å². The van der Waals surface area contributed by atoms with Crippen LogP contribution in [0.4, 0.5) is 17.5 Å². The van der Waals surface area contributed by atoms with Crippen molar-refractivity contribution in [2.24, 2.45) is 0 Å². The summed E-state index contributed by atoms with van der Waals surface area (Å²) in [6.45, 7) is 1.60. The molecular weight excluding hydrogens is 326 g/mol. The van der Waals surface area contributed by atoms with Crippen LogP contribution in [-0.4, -0.2) is 23.6 Å². The van der Waals surface area contributed by atoms with E-state index < -0.39 is 0 Å². The smallest absolute Gasteiger partial charge is 0.221 e. The predicted octanol–water partition coefficient (Wildman–Crippen LogP) is 2.88. The number of anilines is 3. The topological polar surface area (TPSA) is 90.3 Å². The summed E-state index contributed by atoms with van der Waals surface area (Å²) in [5, 5.41) is 0. The van der Waals surface area contributed by atoms with Crippen LogP contribution in [0.25, 0.3) is 11.1 Å². The number of rotatable bonds is 4. The number of nitrogen functional groups attached to an aromatic ring is 2. The van der Waals surface area contributed by atoms with E-state index in [0.29, 0.717) is 12.4 Å². The van der Waals surface area contributed by atoms with Crippen LogP contribution in [0, 0.1) is 0 Å². The molecule has 0 radical (unpaired) electrons. The Balaban J connectivity index is 1.67. The van der Waals surface area contributed by atoms with Gasteiger partial charge in [-0.3, -0.25) is 0 Å². The van der Waals surface area contributed by atoms with E-state index in [4.69, 9.17) is 16.2 Å². The van der Waals surface area contributed by atoms with Gasteiger partial charge >= 0.3 is 0 Å². The highest BCUT2D eigenvalue weighted by atomic mass is 16.5. The standard InChI is InChI=1S/C20H21N5O/c1-26-15-5-2-4-13(10-15)16-6-3-7-18-17(16)8-9-25(18)12-14-11-23-20(22)24-19(14)21/h2-7,10-11H,8-9,12H2,1H3,(H4,21,22,23,24). The normalized spacial score (nSPS) is 12.9. The minimum Gasteiger partial charge on any atom is -0.497 e. The quantitative estimate of drug-likeness (QED) is 0.754. The molecule has 0 fully saturated rings. The molecule has 0 saturated carbocycles. The number of nitrogens with two attached hydrogens (primary N) is 2. The van der Waals surface area contributed by atoms with Crippen LogP contribution in [0.3, 0.4) is 0 Å². The maximum Gasteiger partial charge on any atom is 0.221 e. The van der Waals surface area contributed by atoms with Gasteiger partial charge in [-0.05, 0) is 41.3 Å². The van der Waals surface area contributed by atoms with Gasteiger partial charge in [0.1, 0.15) is 11.6 Å². The van der Waals surface area contributed by atoms with Gasteiger partial charge in [-0.25, -0.2) is 4.98 Å². The number of ether oxygens (including phenoxy) is 1. The third kappa shape index (κ3) is 2.90. The first-order valence-corrected chi connectivity index (χ1v) is 8.54. The average Bonchev–Trinajstić information content (AvgIpc) is 3.07. The molecule has 4 rings (SSSR count). The molecule has 0 aliphatic carbocycles. The molecule has 0 spiro atoms. The summed E-state index contributed by atoms with van der Waals surface area (Å²) in [5.74, 6) is 1.50. The fourth-order valence-corrected chi connectivity index (χ4v) is 3.49. The third-order valence-electron chi connectivity index (χ3n) is 4.78. The van der Waals surface area contributed by atoms with E-state index in [1.54, 1.807) is 13.3 Å². The Hall–Kier alpha value is -3.28. The molecule has 0 saturated heterocycles. The van der Waals surface area contributed by atoms with Gasteiger partial charge in [0.15, 0.2) is 0 Å². The number of nitrogens with zero attached hydrogens (tertiary/aromatic N) is 3. The summed E-state index contributed by atoms with van der Waals surface area (Å²) in [4.78, 5) is 10.4. The highest BCUT2D eigenvalue weighted by molar-refractivity contribution is 5.77. The number of aromatic nitrogens is 2. The monoisotopic (exact) mass is 347 g/mol. The van der Waals surface area contributed by atoms with Crippen LogP contribution >= 0.6 is 0 Å². The van der Waals surface area contributed by atoms with E-state index in [1.807, 2.05) is 12.1 Å². The van der Waals surface area contributed by atoms with Crippen LogP contribution in [0.15, 0.2) is 48.7 Å². The molecule has 6 nitrogen and oxygen atoms in total. The zero-order valence-corrected chi connectivity index (χ0v) is 14.6. The summed E-state index contributed by atoms with van der Waals surface area (Å²) in [5.41, 5.74) is 17.5. The predicted molar refractivity (Wildman–Crippen MR) is 104 cm³/mol. The largest absolute Gasteiger partial charge is 0.497 e. The molecule has 6 heteroatoms. The zero-order chi connectivity index (χ0) is 18.1. The molecule has 0 amide bonds. The summed E-state index contributed by atoms with van der Waals surface area (Å²) >= 11 is 0. The van der Waals surface area contributed by atoms with Crippen LogP contribution in [-0.2, 0) is 13.0 Å². The van der Waals surface area contributed by atoms with Crippen molar-refractivity contribution in [3.05, 3.63) is 59.8 Å². The lowest BCUT2D eigenvalue weighted by Gasteiger charge is -2.20. The molecule has 1 aromatic heterocycles.